The Morgan fingerprint density at radius 3 is 2.62 bits per heavy atom. The molecule has 0 bridgehead atoms. The van der Waals surface area contributed by atoms with Gasteiger partial charge in [0.15, 0.2) is 0 Å². The summed E-state index contributed by atoms with van der Waals surface area (Å²) in [5.74, 6) is 1.66. The molecule has 0 aromatic heterocycles. The van der Waals surface area contributed by atoms with Crippen LogP contribution in [0, 0.1) is 0 Å². The van der Waals surface area contributed by atoms with Gasteiger partial charge in [-0.1, -0.05) is 0 Å². The Hall–Kier alpha value is -1.30. The van der Waals surface area contributed by atoms with Crippen LogP contribution in [0.15, 0.2) is 18.2 Å². The van der Waals surface area contributed by atoms with E-state index in [1.54, 1.807) is 14.2 Å². The van der Waals surface area contributed by atoms with Crippen LogP contribution in [-0.2, 0) is 9.47 Å². The second kappa shape index (κ2) is 8.22. The first-order valence-electron chi connectivity index (χ1n) is 7.37. The van der Waals surface area contributed by atoms with Crippen molar-refractivity contribution < 1.29 is 18.9 Å². The van der Waals surface area contributed by atoms with Gasteiger partial charge in [-0.25, -0.2) is 0 Å². The number of methoxy groups -OCH3 is 2. The zero-order valence-electron chi connectivity index (χ0n) is 13.1. The highest BCUT2D eigenvalue weighted by atomic mass is 16.5. The molecule has 5 heteroatoms. The minimum Gasteiger partial charge on any atom is -0.497 e. The molecule has 1 aromatic rings. The number of hydrogen-bond acceptors (Lipinski definition) is 5. The van der Waals surface area contributed by atoms with E-state index in [4.69, 9.17) is 18.9 Å². The van der Waals surface area contributed by atoms with Crippen molar-refractivity contribution in [2.45, 2.75) is 25.0 Å². The smallest absolute Gasteiger partial charge is 0.123 e. The first-order valence-corrected chi connectivity index (χ1v) is 7.37. The van der Waals surface area contributed by atoms with E-state index in [0.29, 0.717) is 6.61 Å². The average molecular weight is 295 g/mol. The fourth-order valence-corrected chi connectivity index (χ4v) is 2.52. The van der Waals surface area contributed by atoms with E-state index in [1.165, 1.54) is 0 Å². The van der Waals surface area contributed by atoms with Gasteiger partial charge in [0.2, 0.25) is 0 Å². The molecule has 0 radical (unpaired) electrons. The Labute approximate surface area is 126 Å². The van der Waals surface area contributed by atoms with Gasteiger partial charge < -0.3 is 24.3 Å². The molecule has 1 heterocycles. The average Bonchev–Trinajstić information content (AvgIpc) is 2.56. The van der Waals surface area contributed by atoms with E-state index < -0.39 is 0 Å². The van der Waals surface area contributed by atoms with Gasteiger partial charge in [0.05, 0.1) is 33.0 Å². The number of benzene rings is 1. The van der Waals surface area contributed by atoms with E-state index >= 15 is 0 Å². The molecule has 1 saturated heterocycles. The number of nitrogens with one attached hydrogen (secondary N) is 1. The Morgan fingerprint density at radius 1 is 1.24 bits per heavy atom. The van der Waals surface area contributed by atoms with Gasteiger partial charge in [0.25, 0.3) is 0 Å². The molecule has 21 heavy (non-hydrogen) atoms. The van der Waals surface area contributed by atoms with Crippen molar-refractivity contribution in [1.82, 2.24) is 5.32 Å². The van der Waals surface area contributed by atoms with Crippen LogP contribution in [0.5, 0.6) is 11.5 Å². The largest absolute Gasteiger partial charge is 0.497 e. The molecule has 5 nitrogen and oxygen atoms in total. The van der Waals surface area contributed by atoms with E-state index in [-0.39, 0.29) is 12.1 Å². The van der Waals surface area contributed by atoms with Crippen LogP contribution in [0.3, 0.4) is 0 Å². The van der Waals surface area contributed by atoms with Crippen molar-refractivity contribution in [2.24, 2.45) is 0 Å². The molecule has 1 aliphatic heterocycles. The normalized spacial score (nSPS) is 17.5. The molecule has 0 aliphatic carbocycles. The van der Waals surface area contributed by atoms with Crippen LogP contribution in [-0.4, -0.2) is 47.2 Å². The van der Waals surface area contributed by atoms with Crippen LogP contribution in [0.1, 0.15) is 24.4 Å². The predicted octanol–water partition coefficient (Wildman–Crippen LogP) is 2.16. The monoisotopic (exact) mass is 295 g/mol. The summed E-state index contributed by atoms with van der Waals surface area (Å²) in [7, 11) is 5.27. The number of likely N-dealkylation sites (N-methyl/N-ethyl adjacent to an activating group) is 1. The summed E-state index contributed by atoms with van der Waals surface area (Å²) in [6.07, 6.45) is 2.21. The zero-order valence-corrected chi connectivity index (χ0v) is 13.1. The van der Waals surface area contributed by atoms with Crippen molar-refractivity contribution in [2.75, 3.05) is 41.1 Å². The lowest BCUT2D eigenvalue weighted by Gasteiger charge is -2.26. The second-order valence-corrected chi connectivity index (χ2v) is 5.09. The minimum absolute atomic E-state index is 0.0675. The molecule has 118 valence electrons. The predicted molar refractivity (Wildman–Crippen MR) is 81.1 cm³/mol. The van der Waals surface area contributed by atoms with Crippen molar-refractivity contribution in [3.05, 3.63) is 23.8 Å². The minimum atomic E-state index is 0.0675. The molecular weight excluding hydrogens is 270 g/mol. The Bertz CT molecular complexity index is 432. The lowest BCUT2D eigenvalue weighted by molar-refractivity contribution is -0.0379. The van der Waals surface area contributed by atoms with Crippen molar-refractivity contribution >= 4 is 0 Å². The first kappa shape index (κ1) is 16.1. The molecule has 1 aromatic carbocycles. The van der Waals surface area contributed by atoms with Gasteiger partial charge in [-0.15, -0.1) is 0 Å². The maximum Gasteiger partial charge on any atom is 0.123 e. The van der Waals surface area contributed by atoms with Gasteiger partial charge in [-0.2, -0.15) is 0 Å². The van der Waals surface area contributed by atoms with Crippen LogP contribution >= 0.6 is 0 Å². The highest BCUT2D eigenvalue weighted by Crippen LogP contribution is 2.30. The van der Waals surface area contributed by atoms with Gasteiger partial charge in [0, 0.05) is 18.8 Å². The van der Waals surface area contributed by atoms with Crippen LogP contribution in [0.25, 0.3) is 0 Å². The maximum absolute atomic E-state index is 6.02. The van der Waals surface area contributed by atoms with E-state index in [9.17, 15) is 0 Å². The summed E-state index contributed by atoms with van der Waals surface area (Å²) in [6, 6.07) is 5.88. The summed E-state index contributed by atoms with van der Waals surface area (Å²) < 4.78 is 22.1. The third kappa shape index (κ3) is 4.33. The third-order valence-corrected chi connectivity index (χ3v) is 3.83. The third-order valence-electron chi connectivity index (χ3n) is 3.83. The fourth-order valence-electron chi connectivity index (χ4n) is 2.52. The second-order valence-electron chi connectivity index (χ2n) is 5.09. The summed E-state index contributed by atoms with van der Waals surface area (Å²) in [4.78, 5) is 0. The van der Waals surface area contributed by atoms with Gasteiger partial charge in [0.1, 0.15) is 11.5 Å². The molecule has 2 rings (SSSR count). The molecule has 1 unspecified atom stereocenters. The Morgan fingerprint density at radius 2 is 2.00 bits per heavy atom. The SMILES string of the molecule is CNC(COC1CCOCC1)c1cc(OC)ccc1OC. The lowest BCUT2D eigenvalue weighted by Crippen LogP contribution is -2.29. The van der Waals surface area contributed by atoms with Crippen molar-refractivity contribution in [1.29, 1.82) is 0 Å². The first-order chi connectivity index (χ1) is 10.3. The Balaban J connectivity index is 2.04. The van der Waals surface area contributed by atoms with Gasteiger partial charge in [-0.3, -0.25) is 0 Å². The molecule has 1 N–H and O–H groups in total. The topological polar surface area (TPSA) is 49.0 Å². The van der Waals surface area contributed by atoms with Crippen LogP contribution in [0.2, 0.25) is 0 Å². The summed E-state index contributed by atoms with van der Waals surface area (Å²) in [5.41, 5.74) is 1.05. The quantitative estimate of drug-likeness (QED) is 0.835. The maximum atomic E-state index is 6.02. The van der Waals surface area contributed by atoms with Gasteiger partial charge >= 0.3 is 0 Å². The summed E-state index contributed by atoms with van der Waals surface area (Å²) >= 11 is 0. The standard InChI is InChI=1S/C16H25NO4/c1-17-15(11-21-12-6-8-20-9-7-12)14-10-13(18-2)4-5-16(14)19-3/h4-5,10,12,15,17H,6-9,11H2,1-3H3. The molecule has 1 fully saturated rings. The summed E-state index contributed by atoms with van der Waals surface area (Å²) in [5, 5.41) is 3.29. The molecule has 0 spiro atoms. The van der Waals surface area contributed by atoms with E-state index in [0.717, 1.165) is 43.1 Å². The highest BCUT2D eigenvalue weighted by molar-refractivity contribution is 5.42. The van der Waals surface area contributed by atoms with Crippen molar-refractivity contribution in [3.63, 3.8) is 0 Å². The molecular formula is C16H25NO4. The molecule has 1 atom stereocenters. The number of ether oxygens (including phenoxy) is 4. The molecule has 1 aliphatic rings. The van der Waals surface area contributed by atoms with E-state index in [2.05, 4.69) is 5.32 Å². The zero-order chi connectivity index (χ0) is 15.1. The van der Waals surface area contributed by atoms with Crippen molar-refractivity contribution in [3.8, 4) is 11.5 Å². The Kier molecular flexibility index (Phi) is 6.29. The highest BCUT2D eigenvalue weighted by Gasteiger charge is 2.20. The van der Waals surface area contributed by atoms with Crippen LogP contribution in [0.4, 0.5) is 0 Å². The van der Waals surface area contributed by atoms with Crippen LogP contribution < -0.4 is 14.8 Å². The molecule has 0 saturated carbocycles. The summed E-state index contributed by atoms with van der Waals surface area (Å²) in [6.45, 7) is 2.18. The van der Waals surface area contributed by atoms with E-state index in [1.807, 2.05) is 25.2 Å². The fraction of sp³-hybridized carbons (Fsp3) is 0.625. The number of rotatable bonds is 7. The molecule has 0 amide bonds. The number of hydrogen-bond donors (Lipinski definition) is 1. The van der Waals surface area contributed by atoms with Gasteiger partial charge in [-0.05, 0) is 38.1 Å². The lowest BCUT2D eigenvalue weighted by atomic mass is 10.1.